The number of carbonyl (C=O) groups excluding carboxylic acids is 2. The van der Waals surface area contributed by atoms with Gasteiger partial charge in [-0.1, -0.05) is 24.3 Å². The van der Waals surface area contributed by atoms with Crippen LogP contribution in [0.4, 0.5) is 22.4 Å². The number of nitrogens with one attached hydrogen (secondary N) is 1. The van der Waals surface area contributed by atoms with Crippen LogP contribution in [0.2, 0.25) is 0 Å². The van der Waals surface area contributed by atoms with Gasteiger partial charge in [-0.2, -0.15) is 18.3 Å². The lowest BCUT2D eigenvalue weighted by molar-refractivity contribution is -0.264. The average molecular weight is 583 g/mol. The first kappa shape index (κ1) is 28.6. The summed E-state index contributed by atoms with van der Waals surface area (Å²) in [6.45, 7) is 0.166. The highest BCUT2D eigenvalue weighted by Gasteiger charge is 2.38. The van der Waals surface area contributed by atoms with Gasteiger partial charge < -0.3 is 24.9 Å². The molecule has 42 heavy (non-hydrogen) atoms. The van der Waals surface area contributed by atoms with Gasteiger partial charge in [0.1, 0.15) is 17.7 Å². The molecule has 9 nitrogen and oxygen atoms in total. The van der Waals surface area contributed by atoms with Crippen LogP contribution in [0.15, 0.2) is 60.3 Å². The van der Waals surface area contributed by atoms with Gasteiger partial charge in [0.15, 0.2) is 5.65 Å². The maximum atomic E-state index is 15.0. The summed E-state index contributed by atoms with van der Waals surface area (Å²) in [5, 5.41) is 18.4. The molecule has 0 atom stereocenters. The van der Waals surface area contributed by atoms with Crippen LogP contribution in [0.5, 0.6) is 5.75 Å². The number of carboxylic acid groups (broad SMARTS) is 1. The minimum absolute atomic E-state index is 0.118. The van der Waals surface area contributed by atoms with E-state index in [1.807, 2.05) is 24.3 Å². The normalized spacial score (nSPS) is 14.5. The Hall–Kier alpha value is -4.94. The molecule has 2 aromatic heterocycles. The van der Waals surface area contributed by atoms with E-state index in [1.165, 1.54) is 23.1 Å². The van der Waals surface area contributed by atoms with Crippen LogP contribution in [0.25, 0.3) is 28.2 Å². The number of amides is 2. The Kier molecular flexibility index (Phi) is 7.83. The number of rotatable bonds is 7. The first-order valence-electron chi connectivity index (χ1n) is 12.8. The van der Waals surface area contributed by atoms with Gasteiger partial charge in [-0.25, -0.2) is 14.1 Å². The highest BCUT2D eigenvalue weighted by atomic mass is 19.4. The molecule has 0 saturated carbocycles. The minimum atomic E-state index is -5.08. The second kappa shape index (κ2) is 11.5. The molecule has 0 aliphatic carbocycles. The van der Waals surface area contributed by atoms with Crippen LogP contribution in [0.3, 0.4) is 0 Å². The van der Waals surface area contributed by atoms with E-state index in [1.54, 1.807) is 35.4 Å². The fourth-order valence-corrected chi connectivity index (χ4v) is 4.76. The largest absolute Gasteiger partial charge is 0.530 e. The number of ether oxygens (including phenoxy) is 1. The molecule has 1 aliphatic rings. The zero-order valence-electron chi connectivity index (χ0n) is 22.2. The Balaban J connectivity index is 1.55. The van der Waals surface area contributed by atoms with Gasteiger partial charge in [-0.15, -0.1) is 0 Å². The summed E-state index contributed by atoms with van der Waals surface area (Å²) in [5.41, 5.74) is 3.57. The second-order valence-corrected chi connectivity index (χ2v) is 9.67. The van der Waals surface area contributed by atoms with Gasteiger partial charge in [0.25, 0.3) is 0 Å². The van der Waals surface area contributed by atoms with E-state index in [0.29, 0.717) is 53.1 Å². The lowest BCUT2D eigenvalue weighted by Crippen LogP contribution is -2.39. The van der Waals surface area contributed by atoms with Crippen molar-refractivity contribution in [2.75, 3.05) is 20.2 Å². The molecule has 13 heteroatoms. The first-order chi connectivity index (χ1) is 20.0. The Labute approximate surface area is 237 Å². The van der Waals surface area contributed by atoms with Crippen molar-refractivity contribution < 1.29 is 37.0 Å². The second-order valence-electron chi connectivity index (χ2n) is 9.67. The third-order valence-corrected chi connectivity index (χ3v) is 6.91. The van der Waals surface area contributed by atoms with E-state index in [4.69, 9.17) is 9.84 Å². The molecule has 2 aromatic carbocycles. The Bertz CT molecular complexity index is 1680. The van der Waals surface area contributed by atoms with Gasteiger partial charge in [0.2, 0.25) is 0 Å². The zero-order valence-corrected chi connectivity index (χ0v) is 22.2. The average Bonchev–Trinajstić information content (AvgIpc) is 3.57. The number of pyridine rings is 1. The van der Waals surface area contributed by atoms with Crippen molar-refractivity contribution in [3.8, 4) is 16.9 Å². The molecule has 1 fully saturated rings. The number of likely N-dealkylation sites (tertiary alicyclic amines) is 1. The van der Waals surface area contributed by atoms with Crippen molar-refractivity contribution in [1.29, 1.82) is 0 Å². The van der Waals surface area contributed by atoms with Crippen LogP contribution in [-0.4, -0.2) is 58.0 Å². The molecule has 1 saturated heterocycles. The summed E-state index contributed by atoms with van der Waals surface area (Å²) in [7, 11) is 1.57. The number of alkyl halides is 3. The van der Waals surface area contributed by atoms with Crippen LogP contribution in [0.1, 0.15) is 23.2 Å². The number of methoxy groups -OCH3 is 1. The highest BCUT2D eigenvalue weighted by Crippen LogP contribution is 2.33. The summed E-state index contributed by atoms with van der Waals surface area (Å²) in [5.74, 6) is -2.27. The lowest BCUT2D eigenvalue weighted by Gasteiger charge is -2.16. The first-order valence-corrected chi connectivity index (χ1v) is 12.8. The monoisotopic (exact) mass is 582 g/mol. The standard InChI is InChI=1S/C29H25F4N5O4/c1-42-21-6-2-17(3-7-21)16-38-26-25(24(36-38)12-18-9-11-37(15-18)28(40)41)22(8-10-34-26)19-4-5-20(23(30)13-19)14-35-27(39)29(31,32)33/h2-8,10,12-13H,9,11,14-16H2,1H3,(H,35,39)(H,40,41)/p-1/b18-12-. The molecule has 3 heterocycles. The van der Waals surface area contributed by atoms with Crippen LogP contribution in [0, 0.1) is 5.82 Å². The predicted molar refractivity (Wildman–Crippen MR) is 142 cm³/mol. The fourth-order valence-electron chi connectivity index (χ4n) is 4.76. The minimum Gasteiger partial charge on any atom is -0.530 e. The smallest absolute Gasteiger partial charge is 0.471 e. The van der Waals surface area contributed by atoms with Gasteiger partial charge in [0.05, 0.1) is 24.7 Å². The van der Waals surface area contributed by atoms with E-state index < -0.39 is 30.5 Å². The molecule has 0 bridgehead atoms. The van der Waals surface area contributed by atoms with Crippen molar-refractivity contribution in [2.24, 2.45) is 0 Å². The van der Waals surface area contributed by atoms with E-state index in [0.717, 1.165) is 11.1 Å². The third-order valence-electron chi connectivity index (χ3n) is 6.91. The summed E-state index contributed by atoms with van der Waals surface area (Å²) in [6, 6.07) is 13.1. The maximum Gasteiger partial charge on any atom is 0.471 e. The van der Waals surface area contributed by atoms with Crippen LogP contribution in [-0.2, 0) is 17.9 Å². The molecule has 0 unspecified atom stereocenters. The third kappa shape index (κ3) is 6.04. The van der Waals surface area contributed by atoms with Crippen molar-refractivity contribution in [3.05, 3.63) is 82.9 Å². The Morgan fingerprint density at radius 2 is 1.90 bits per heavy atom. The molecule has 4 aromatic rings. The topological polar surface area (TPSA) is 112 Å². The molecular weight excluding hydrogens is 558 g/mol. The molecule has 1 N–H and O–H groups in total. The number of halogens is 4. The van der Waals surface area contributed by atoms with Crippen molar-refractivity contribution in [3.63, 3.8) is 0 Å². The number of benzene rings is 2. The van der Waals surface area contributed by atoms with Crippen LogP contribution < -0.4 is 15.2 Å². The number of aromatic nitrogens is 3. The van der Waals surface area contributed by atoms with Crippen molar-refractivity contribution >= 4 is 29.1 Å². The number of nitrogens with zero attached hydrogens (tertiary/aromatic N) is 4. The maximum absolute atomic E-state index is 15.0. The Morgan fingerprint density at radius 1 is 1.14 bits per heavy atom. The van der Waals surface area contributed by atoms with Gasteiger partial charge in [-0.3, -0.25) is 4.79 Å². The lowest BCUT2D eigenvalue weighted by atomic mass is 9.99. The summed E-state index contributed by atoms with van der Waals surface area (Å²) in [6.07, 6.45) is -2.52. The Morgan fingerprint density at radius 3 is 2.55 bits per heavy atom. The molecule has 1 aliphatic heterocycles. The molecular formula is C29H24F4N5O4-. The summed E-state index contributed by atoms with van der Waals surface area (Å²) >= 11 is 0. The predicted octanol–water partition coefficient (Wildman–Crippen LogP) is 3.91. The SMILES string of the molecule is COc1ccc(Cn2nc(/C=C3/CCN(C(=O)[O-])C3)c3c(-c4ccc(CNC(=O)C(F)(F)F)c(F)c4)ccnc32)cc1. The van der Waals surface area contributed by atoms with E-state index >= 15 is 4.39 Å². The number of fused-ring (bicyclic) bond motifs is 1. The summed E-state index contributed by atoms with van der Waals surface area (Å²) < 4.78 is 59.6. The number of hydrogen-bond acceptors (Lipinski definition) is 6. The molecule has 218 valence electrons. The summed E-state index contributed by atoms with van der Waals surface area (Å²) in [4.78, 5) is 28.2. The van der Waals surface area contributed by atoms with Gasteiger partial charge in [0, 0.05) is 31.4 Å². The molecule has 5 rings (SSSR count). The molecule has 0 radical (unpaired) electrons. The van der Waals surface area contributed by atoms with E-state index in [2.05, 4.69) is 4.98 Å². The quantitative estimate of drug-likeness (QED) is 0.331. The van der Waals surface area contributed by atoms with E-state index in [9.17, 15) is 27.9 Å². The van der Waals surface area contributed by atoms with E-state index in [-0.39, 0.29) is 12.1 Å². The highest BCUT2D eigenvalue weighted by molar-refractivity contribution is 5.98. The number of carbonyl (C=O) groups is 2. The van der Waals surface area contributed by atoms with Crippen molar-refractivity contribution in [1.82, 2.24) is 25.0 Å². The van der Waals surface area contributed by atoms with Crippen molar-refractivity contribution in [2.45, 2.75) is 25.7 Å². The van der Waals surface area contributed by atoms with Gasteiger partial charge in [-0.05, 0) is 59.0 Å². The number of hydrogen-bond donors (Lipinski definition) is 1. The fraction of sp³-hybridized carbons (Fsp3) is 0.241. The molecule has 2 amide bonds. The van der Waals surface area contributed by atoms with Crippen LogP contribution >= 0.6 is 0 Å². The molecule has 0 spiro atoms. The zero-order chi connectivity index (χ0) is 30.0. The van der Waals surface area contributed by atoms with Gasteiger partial charge >= 0.3 is 12.1 Å².